The standard InChI is InChI=1S/C21H19O2P/c1-23-24(22,20-15-9-4-10-16-20)17-21(18-11-5-2-6-12-18)19-13-7-3-8-14-19/h2-17H,1H3. The van der Waals surface area contributed by atoms with Crippen LogP contribution in [0.25, 0.3) is 5.57 Å². The Morgan fingerprint density at radius 2 is 1.17 bits per heavy atom. The highest BCUT2D eigenvalue weighted by Gasteiger charge is 2.23. The van der Waals surface area contributed by atoms with Crippen LogP contribution in [0, 0.1) is 0 Å². The topological polar surface area (TPSA) is 26.3 Å². The molecule has 3 rings (SSSR count). The molecular formula is C21H19O2P. The van der Waals surface area contributed by atoms with Crippen LogP contribution in [0.15, 0.2) is 96.8 Å². The third-order valence-electron chi connectivity index (χ3n) is 3.86. The highest BCUT2D eigenvalue weighted by molar-refractivity contribution is 7.70. The smallest absolute Gasteiger partial charge is 0.254 e. The van der Waals surface area contributed by atoms with Crippen molar-refractivity contribution >= 4 is 18.2 Å². The third kappa shape index (κ3) is 3.56. The van der Waals surface area contributed by atoms with Gasteiger partial charge in [-0.2, -0.15) is 0 Å². The number of hydrogen-bond donors (Lipinski definition) is 0. The van der Waals surface area contributed by atoms with E-state index in [2.05, 4.69) is 0 Å². The lowest BCUT2D eigenvalue weighted by atomic mass is 10.00. The van der Waals surface area contributed by atoms with Gasteiger partial charge in [-0.15, -0.1) is 0 Å². The molecule has 1 atom stereocenters. The molecule has 0 aliphatic heterocycles. The first-order valence-electron chi connectivity index (χ1n) is 7.78. The predicted molar refractivity (Wildman–Crippen MR) is 101 cm³/mol. The van der Waals surface area contributed by atoms with E-state index in [1.54, 1.807) is 5.82 Å². The molecule has 120 valence electrons. The minimum absolute atomic E-state index is 0.692. The van der Waals surface area contributed by atoms with Crippen LogP contribution in [-0.4, -0.2) is 7.11 Å². The van der Waals surface area contributed by atoms with Gasteiger partial charge >= 0.3 is 0 Å². The molecule has 3 aromatic carbocycles. The average Bonchev–Trinajstić information content (AvgIpc) is 2.68. The molecule has 0 N–H and O–H groups in total. The van der Waals surface area contributed by atoms with Crippen molar-refractivity contribution in [1.82, 2.24) is 0 Å². The Morgan fingerprint density at radius 3 is 1.58 bits per heavy atom. The molecule has 2 nitrogen and oxygen atoms in total. The molecule has 0 bridgehead atoms. The summed E-state index contributed by atoms with van der Waals surface area (Å²) in [6.07, 6.45) is 0. The summed E-state index contributed by atoms with van der Waals surface area (Å²) in [6.45, 7) is 0. The maximum Gasteiger partial charge on any atom is 0.254 e. The maximum absolute atomic E-state index is 13.4. The van der Waals surface area contributed by atoms with E-state index < -0.39 is 7.37 Å². The Balaban J connectivity index is 2.18. The van der Waals surface area contributed by atoms with Gasteiger partial charge in [-0.3, -0.25) is 4.57 Å². The third-order valence-corrected chi connectivity index (χ3v) is 6.01. The van der Waals surface area contributed by atoms with Gasteiger partial charge in [0.1, 0.15) is 0 Å². The average molecular weight is 334 g/mol. The summed E-state index contributed by atoms with van der Waals surface area (Å²) in [7, 11) is -1.60. The lowest BCUT2D eigenvalue weighted by Crippen LogP contribution is -2.04. The summed E-state index contributed by atoms with van der Waals surface area (Å²) in [4.78, 5) is 0. The Hall–Kier alpha value is -2.41. The van der Waals surface area contributed by atoms with Gasteiger partial charge in [-0.05, 0) is 28.8 Å². The molecule has 0 aromatic heterocycles. The molecule has 0 spiro atoms. The molecule has 0 fully saturated rings. The lowest BCUT2D eigenvalue weighted by Gasteiger charge is -2.16. The van der Waals surface area contributed by atoms with Crippen molar-refractivity contribution in [3.05, 3.63) is 108 Å². The molecule has 0 aliphatic rings. The van der Waals surface area contributed by atoms with E-state index in [-0.39, 0.29) is 0 Å². The Morgan fingerprint density at radius 1 is 0.750 bits per heavy atom. The van der Waals surface area contributed by atoms with Crippen LogP contribution in [0.4, 0.5) is 0 Å². The van der Waals surface area contributed by atoms with Crippen molar-refractivity contribution in [2.45, 2.75) is 0 Å². The van der Waals surface area contributed by atoms with E-state index in [1.807, 2.05) is 91.0 Å². The first-order valence-corrected chi connectivity index (χ1v) is 9.47. The van der Waals surface area contributed by atoms with E-state index in [0.717, 1.165) is 16.7 Å². The van der Waals surface area contributed by atoms with E-state index >= 15 is 0 Å². The quantitative estimate of drug-likeness (QED) is 0.590. The van der Waals surface area contributed by atoms with Gasteiger partial charge in [0.05, 0.1) is 0 Å². The zero-order chi connectivity index (χ0) is 16.8. The zero-order valence-electron chi connectivity index (χ0n) is 13.5. The van der Waals surface area contributed by atoms with E-state index in [9.17, 15) is 4.57 Å². The molecule has 0 aliphatic carbocycles. The second kappa shape index (κ2) is 7.44. The van der Waals surface area contributed by atoms with E-state index in [1.165, 1.54) is 7.11 Å². The Labute approximate surface area is 142 Å². The fourth-order valence-electron chi connectivity index (χ4n) is 2.59. The van der Waals surface area contributed by atoms with Crippen molar-refractivity contribution in [2.24, 2.45) is 0 Å². The zero-order valence-corrected chi connectivity index (χ0v) is 14.4. The monoisotopic (exact) mass is 334 g/mol. The highest BCUT2D eigenvalue weighted by Crippen LogP contribution is 2.49. The van der Waals surface area contributed by atoms with Crippen LogP contribution in [0.1, 0.15) is 11.1 Å². The normalized spacial score (nSPS) is 13.0. The largest absolute Gasteiger partial charge is 0.326 e. The van der Waals surface area contributed by atoms with Crippen molar-refractivity contribution in [1.29, 1.82) is 0 Å². The van der Waals surface area contributed by atoms with Crippen molar-refractivity contribution in [2.75, 3.05) is 7.11 Å². The van der Waals surface area contributed by atoms with Crippen molar-refractivity contribution in [3.63, 3.8) is 0 Å². The van der Waals surface area contributed by atoms with Gasteiger partial charge in [0, 0.05) is 18.2 Å². The van der Waals surface area contributed by atoms with Gasteiger partial charge in [-0.25, -0.2) is 0 Å². The minimum atomic E-state index is -3.10. The first kappa shape index (κ1) is 16.4. The van der Waals surface area contributed by atoms with Crippen LogP contribution in [-0.2, 0) is 9.09 Å². The molecule has 3 aromatic rings. The second-order valence-corrected chi connectivity index (χ2v) is 7.72. The fourth-order valence-corrected chi connectivity index (χ4v) is 4.28. The van der Waals surface area contributed by atoms with Gasteiger partial charge in [-0.1, -0.05) is 78.9 Å². The van der Waals surface area contributed by atoms with Crippen LogP contribution < -0.4 is 5.30 Å². The van der Waals surface area contributed by atoms with Crippen molar-refractivity contribution in [3.8, 4) is 0 Å². The lowest BCUT2D eigenvalue weighted by molar-refractivity contribution is 0.411. The van der Waals surface area contributed by atoms with Crippen LogP contribution >= 0.6 is 7.37 Å². The molecule has 0 radical (unpaired) electrons. The SMILES string of the molecule is COP(=O)(C=C(c1ccccc1)c1ccccc1)c1ccccc1. The summed E-state index contributed by atoms with van der Waals surface area (Å²) in [5.74, 6) is 1.77. The minimum Gasteiger partial charge on any atom is -0.326 e. The molecular weight excluding hydrogens is 315 g/mol. The summed E-state index contributed by atoms with van der Waals surface area (Å²) >= 11 is 0. The maximum atomic E-state index is 13.4. The highest BCUT2D eigenvalue weighted by atomic mass is 31.2. The summed E-state index contributed by atoms with van der Waals surface area (Å²) < 4.78 is 18.9. The van der Waals surface area contributed by atoms with Crippen LogP contribution in [0.2, 0.25) is 0 Å². The van der Waals surface area contributed by atoms with E-state index in [0.29, 0.717) is 5.30 Å². The number of rotatable bonds is 5. The summed E-state index contributed by atoms with van der Waals surface area (Å²) in [5.41, 5.74) is 2.93. The van der Waals surface area contributed by atoms with Gasteiger partial charge in [0.2, 0.25) is 0 Å². The molecule has 0 saturated carbocycles. The number of benzene rings is 3. The molecule has 0 amide bonds. The Kier molecular flexibility index (Phi) is 5.10. The van der Waals surface area contributed by atoms with Crippen LogP contribution in [0.5, 0.6) is 0 Å². The van der Waals surface area contributed by atoms with Crippen molar-refractivity contribution < 1.29 is 9.09 Å². The van der Waals surface area contributed by atoms with Gasteiger partial charge in [0.25, 0.3) is 7.37 Å². The fraction of sp³-hybridized carbons (Fsp3) is 0.0476. The molecule has 3 heteroatoms. The molecule has 0 heterocycles. The molecule has 1 unspecified atom stereocenters. The summed E-state index contributed by atoms with van der Waals surface area (Å²) in [5, 5.41) is 0.692. The second-order valence-electron chi connectivity index (χ2n) is 5.39. The molecule has 0 saturated heterocycles. The number of hydrogen-bond acceptors (Lipinski definition) is 2. The summed E-state index contributed by atoms with van der Waals surface area (Å²) in [6, 6.07) is 29.3. The van der Waals surface area contributed by atoms with Gasteiger partial charge in [0.15, 0.2) is 0 Å². The van der Waals surface area contributed by atoms with E-state index in [4.69, 9.17) is 4.52 Å². The first-order chi connectivity index (χ1) is 11.7. The van der Waals surface area contributed by atoms with Gasteiger partial charge < -0.3 is 4.52 Å². The van der Waals surface area contributed by atoms with Crippen LogP contribution in [0.3, 0.4) is 0 Å². The predicted octanol–water partition coefficient (Wildman–Crippen LogP) is 5.33. The molecule has 24 heavy (non-hydrogen) atoms. The Bertz CT molecular complexity index is 815.